The zero-order valence-corrected chi connectivity index (χ0v) is 11.1. The molecule has 2 atom stereocenters. The minimum atomic E-state index is -0.609. The van der Waals surface area contributed by atoms with Gasteiger partial charge in [-0.25, -0.2) is 0 Å². The molecule has 1 aliphatic carbocycles. The van der Waals surface area contributed by atoms with Crippen molar-refractivity contribution >= 4 is 17.7 Å². The summed E-state index contributed by atoms with van der Waals surface area (Å²) in [7, 11) is 0. The van der Waals surface area contributed by atoms with Crippen molar-refractivity contribution in [2.24, 2.45) is 11.8 Å². The molecule has 1 saturated carbocycles. The van der Waals surface area contributed by atoms with Gasteiger partial charge in [-0.1, -0.05) is 0 Å². The second kappa shape index (κ2) is 6.14. The van der Waals surface area contributed by atoms with E-state index in [1.54, 1.807) is 11.8 Å². The number of hydrogen-bond acceptors (Lipinski definition) is 5. The van der Waals surface area contributed by atoms with Crippen LogP contribution < -0.4 is 0 Å². The van der Waals surface area contributed by atoms with Gasteiger partial charge in [0, 0.05) is 25.9 Å². The summed E-state index contributed by atoms with van der Waals surface area (Å²) in [6, 6.07) is 0. The Kier molecular flexibility index (Phi) is 4.52. The van der Waals surface area contributed by atoms with Crippen molar-refractivity contribution in [1.82, 2.24) is 4.90 Å². The predicted molar refractivity (Wildman–Crippen MR) is 65.3 cm³/mol. The molecule has 1 aliphatic heterocycles. The van der Waals surface area contributed by atoms with E-state index in [0.29, 0.717) is 26.3 Å². The molecule has 2 fully saturated rings. The van der Waals surface area contributed by atoms with Crippen molar-refractivity contribution in [3.8, 4) is 0 Å². The first-order valence-corrected chi connectivity index (χ1v) is 6.68. The maximum absolute atomic E-state index is 12.4. The first kappa shape index (κ1) is 14.0. The number of rotatable bonds is 3. The zero-order chi connectivity index (χ0) is 13.8. The Labute approximate surface area is 112 Å². The summed E-state index contributed by atoms with van der Waals surface area (Å²) in [5.41, 5.74) is 0. The van der Waals surface area contributed by atoms with Crippen LogP contribution in [0.25, 0.3) is 0 Å². The van der Waals surface area contributed by atoms with Gasteiger partial charge in [0.2, 0.25) is 5.91 Å². The number of esters is 1. The summed E-state index contributed by atoms with van der Waals surface area (Å²) in [4.78, 5) is 37.4. The number of nitrogens with zero attached hydrogens (tertiary/aromatic N) is 1. The topological polar surface area (TPSA) is 72.9 Å². The standard InChI is InChI=1S/C13H19NO5/c1-2-19-13(17)11-8-9(15)7-10(11)12(16)14-3-5-18-6-4-14/h10-11H,2-8H2,1H3. The van der Waals surface area contributed by atoms with Crippen LogP contribution in [0, 0.1) is 11.8 Å². The fourth-order valence-corrected chi connectivity index (χ4v) is 2.63. The Bertz CT molecular complexity index is 375. The number of carbonyl (C=O) groups is 3. The molecule has 0 aromatic rings. The third-order valence-corrected chi connectivity index (χ3v) is 3.61. The Hall–Kier alpha value is -1.43. The van der Waals surface area contributed by atoms with Crippen molar-refractivity contribution in [3.63, 3.8) is 0 Å². The zero-order valence-electron chi connectivity index (χ0n) is 11.1. The van der Waals surface area contributed by atoms with Gasteiger partial charge >= 0.3 is 5.97 Å². The van der Waals surface area contributed by atoms with Crippen LogP contribution in [-0.4, -0.2) is 55.5 Å². The molecule has 1 saturated heterocycles. The molecule has 106 valence electrons. The molecule has 6 nitrogen and oxygen atoms in total. The largest absolute Gasteiger partial charge is 0.466 e. The van der Waals surface area contributed by atoms with Gasteiger partial charge in [0.05, 0.1) is 31.7 Å². The van der Waals surface area contributed by atoms with E-state index in [1.807, 2.05) is 0 Å². The van der Waals surface area contributed by atoms with Crippen LogP contribution in [0.4, 0.5) is 0 Å². The lowest BCUT2D eigenvalue weighted by atomic mass is 9.94. The third kappa shape index (κ3) is 3.12. The molecule has 0 aromatic heterocycles. The van der Waals surface area contributed by atoms with E-state index in [1.165, 1.54) is 0 Å². The minimum absolute atomic E-state index is 0.0373. The maximum Gasteiger partial charge on any atom is 0.310 e. The molecule has 0 aromatic carbocycles. The van der Waals surface area contributed by atoms with Crippen LogP contribution in [0.5, 0.6) is 0 Å². The second-order valence-electron chi connectivity index (χ2n) is 4.85. The Balaban J connectivity index is 2.05. The number of Topliss-reactive ketones (excluding diaryl/α,β-unsaturated/α-hetero) is 1. The number of carbonyl (C=O) groups excluding carboxylic acids is 3. The van der Waals surface area contributed by atoms with Crippen molar-refractivity contribution in [3.05, 3.63) is 0 Å². The lowest BCUT2D eigenvalue weighted by molar-refractivity contribution is -0.154. The maximum atomic E-state index is 12.4. The van der Waals surface area contributed by atoms with Gasteiger partial charge in [-0.15, -0.1) is 0 Å². The van der Waals surface area contributed by atoms with Crippen molar-refractivity contribution in [2.45, 2.75) is 19.8 Å². The Morgan fingerprint density at radius 2 is 1.89 bits per heavy atom. The highest BCUT2D eigenvalue weighted by molar-refractivity contribution is 5.96. The van der Waals surface area contributed by atoms with Crippen LogP contribution in [0.2, 0.25) is 0 Å². The molecular weight excluding hydrogens is 250 g/mol. The summed E-state index contributed by atoms with van der Waals surface area (Å²) in [5, 5.41) is 0. The van der Waals surface area contributed by atoms with E-state index in [9.17, 15) is 14.4 Å². The van der Waals surface area contributed by atoms with E-state index < -0.39 is 17.8 Å². The molecule has 0 N–H and O–H groups in total. The summed E-state index contributed by atoms with van der Waals surface area (Å²) in [5.74, 6) is -1.75. The molecule has 0 spiro atoms. The fraction of sp³-hybridized carbons (Fsp3) is 0.769. The minimum Gasteiger partial charge on any atom is -0.466 e. The summed E-state index contributed by atoms with van der Waals surface area (Å²) in [6.45, 7) is 4.06. The summed E-state index contributed by atoms with van der Waals surface area (Å²) in [6.07, 6.45) is 0.277. The summed E-state index contributed by atoms with van der Waals surface area (Å²) < 4.78 is 10.1. The van der Waals surface area contributed by atoms with E-state index in [-0.39, 0.29) is 31.1 Å². The van der Waals surface area contributed by atoms with Gasteiger partial charge in [-0.05, 0) is 6.92 Å². The highest BCUT2D eigenvalue weighted by Gasteiger charge is 2.44. The Morgan fingerprint density at radius 1 is 1.26 bits per heavy atom. The molecule has 0 bridgehead atoms. The number of amides is 1. The van der Waals surface area contributed by atoms with Crippen LogP contribution in [0.3, 0.4) is 0 Å². The van der Waals surface area contributed by atoms with E-state index >= 15 is 0 Å². The van der Waals surface area contributed by atoms with E-state index in [2.05, 4.69) is 0 Å². The lowest BCUT2D eigenvalue weighted by Gasteiger charge is -2.30. The van der Waals surface area contributed by atoms with Gasteiger partial charge in [-0.2, -0.15) is 0 Å². The number of ketones is 1. The molecule has 2 aliphatic rings. The fourth-order valence-electron chi connectivity index (χ4n) is 2.63. The van der Waals surface area contributed by atoms with Crippen LogP contribution in [-0.2, 0) is 23.9 Å². The smallest absolute Gasteiger partial charge is 0.310 e. The van der Waals surface area contributed by atoms with Crippen molar-refractivity contribution < 1.29 is 23.9 Å². The average Bonchev–Trinajstić information content (AvgIpc) is 2.81. The highest BCUT2D eigenvalue weighted by atomic mass is 16.5. The number of ether oxygens (including phenoxy) is 2. The van der Waals surface area contributed by atoms with Gasteiger partial charge < -0.3 is 14.4 Å². The van der Waals surface area contributed by atoms with Gasteiger partial charge in [0.1, 0.15) is 5.78 Å². The first-order valence-electron chi connectivity index (χ1n) is 6.68. The molecule has 1 heterocycles. The molecule has 2 unspecified atom stereocenters. The van der Waals surface area contributed by atoms with E-state index in [0.717, 1.165) is 0 Å². The highest BCUT2D eigenvalue weighted by Crippen LogP contribution is 2.32. The molecule has 1 amide bonds. The first-order chi connectivity index (χ1) is 9.13. The monoisotopic (exact) mass is 269 g/mol. The second-order valence-corrected chi connectivity index (χ2v) is 4.85. The lowest BCUT2D eigenvalue weighted by Crippen LogP contribution is -2.45. The van der Waals surface area contributed by atoms with Crippen LogP contribution in [0.15, 0.2) is 0 Å². The number of hydrogen-bond donors (Lipinski definition) is 0. The molecule has 0 radical (unpaired) electrons. The molecular formula is C13H19NO5. The Morgan fingerprint density at radius 3 is 2.53 bits per heavy atom. The van der Waals surface area contributed by atoms with Gasteiger partial charge in [0.15, 0.2) is 0 Å². The molecule has 6 heteroatoms. The van der Waals surface area contributed by atoms with Crippen LogP contribution in [0.1, 0.15) is 19.8 Å². The normalized spacial score (nSPS) is 27.4. The molecule has 2 rings (SSSR count). The van der Waals surface area contributed by atoms with Crippen molar-refractivity contribution in [2.75, 3.05) is 32.9 Å². The van der Waals surface area contributed by atoms with Gasteiger partial charge in [-0.3, -0.25) is 14.4 Å². The third-order valence-electron chi connectivity index (χ3n) is 3.61. The van der Waals surface area contributed by atoms with Crippen LogP contribution >= 0.6 is 0 Å². The average molecular weight is 269 g/mol. The summed E-state index contributed by atoms with van der Waals surface area (Å²) >= 11 is 0. The quantitative estimate of drug-likeness (QED) is 0.674. The SMILES string of the molecule is CCOC(=O)C1CC(=O)CC1C(=O)N1CCOCC1. The predicted octanol–water partition coefficient (Wildman–Crippen LogP) is 0.00360. The molecule has 19 heavy (non-hydrogen) atoms. The van der Waals surface area contributed by atoms with Crippen molar-refractivity contribution in [1.29, 1.82) is 0 Å². The van der Waals surface area contributed by atoms with Gasteiger partial charge in [0.25, 0.3) is 0 Å². The van der Waals surface area contributed by atoms with E-state index in [4.69, 9.17) is 9.47 Å². The number of morpholine rings is 1.